The Morgan fingerprint density at radius 2 is 2.09 bits per heavy atom. The third kappa shape index (κ3) is 7.29. The summed E-state index contributed by atoms with van der Waals surface area (Å²) in [5.74, 6) is 6.16. The van der Waals surface area contributed by atoms with Gasteiger partial charge >= 0.3 is 5.51 Å². The first-order valence-electron chi connectivity index (χ1n) is 13.6. The summed E-state index contributed by atoms with van der Waals surface area (Å²) in [6, 6.07) is 5.94. The van der Waals surface area contributed by atoms with Crippen molar-refractivity contribution in [1.82, 2.24) is 19.6 Å². The number of aromatic nitrogens is 2. The molecule has 1 aromatic carbocycles. The number of likely N-dealkylation sites (tertiary alicyclic amines) is 1. The molecule has 0 unspecified atom stereocenters. The molecule has 2 aromatic heterocycles. The fourth-order valence-corrected chi connectivity index (χ4v) is 5.67. The number of methoxy groups -OCH3 is 1. The average molecular weight is 621 g/mol. The molecule has 3 N–H and O–H groups in total. The number of amides is 1. The molecule has 2 atom stereocenters. The number of rotatable bonds is 8. The average Bonchev–Trinajstić information content (AvgIpc) is 3.28. The molecule has 14 heteroatoms. The van der Waals surface area contributed by atoms with Crippen molar-refractivity contribution in [3.63, 3.8) is 0 Å². The molecule has 2 aliphatic heterocycles. The molecule has 5 rings (SSSR count). The number of fused-ring (bicyclic) bond motifs is 1. The van der Waals surface area contributed by atoms with Crippen molar-refractivity contribution in [2.75, 3.05) is 57.6 Å². The predicted octanol–water partition coefficient (Wildman–Crippen LogP) is 4.39. The number of ether oxygens (including phenoxy) is 2. The lowest BCUT2D eigenvalue weighted by molar-refractivity contribution is -0.0593. The van der Waals surface area contributed by atoms with Gasteiger partial charge in [-0.05, 0) is 44.7 Å². The van der Waals surface area contributed by atoms with E-state index < -0.39 is 23.3 Å². The van der Waals surface area contributed by atoms with E-state index in [1.807, 2.05) is 18.9 Å². The van der Waals surface area contributed by atoms with Gasteiger partial charge in [-0.1, -0.05) is 11.8 Å². The highest BCUT2D eigenvalue weighted by Gasteiger charge is 2.35. The Morgan fingerprint density at radius 1 is 1.30 bits per heavy atom. The maximum absolute atomic E-state index is 14.7. The van der Waals surface area contributed by atoms with Gasteiger partial charge in [0.1, 0.15) is 16.9 Å². The number of thioether (sulfide) groups is 1. The number of halogens is 4. The Labute approximate surface area is 250 Å². The number of carbonyl (C=O) groups excluding carboxylic acids is 1. The molecular formula is C29H32F4N6O3S. The Balaban J connectivity index is 1.34. The number of carbonyl (C=O) groups is 1. The number of hydrogen-bond donors (Lipinski definition) is 3. The van der Waals surface area contributed by atoms with Gasteiger partial charge in [0.25, 0.3) is 5.91 Å². The van der Waals surface area contributed by atoms with Crippen LogP contribution in [0.5, 0.6) is 5.75 Å². The van der Waals surface area contributed by atoms with Gasteiger partial charge in [0.2, 0.25) is 0 Å². The highest BCUT2D eigenvalue weighted by Crippen LogP contribution is 2.40. The number of piperidine rings is 1. The first-order chi connectivity index (χ1) is 20.4. The topological polar surface area (TPSA) is 92.2 Å². The molecule has 43 heavy (non-hydrogen) atoms. The zero-order valence-corrected chi connectivity index (χ0v) is 24.7. The molecule has 4 heterocycles. The number of hydrogen-bond acceptors (Lipinski definition) is 8. The molecule has 0 radical (unpaired) electrons. The van der Waals surface area contributed by atoms with E-state index in [0.29, 0.717) is 54.5 Å². The standard InChI is InChI=1S/C29H32F4N6O3S/c1-28(16-42-17-28)37-26(40)18-6-7-22(24(14-18)41-3)34-9-4-5-19-13-23-25(36-21-8-11-38(2)15-20(21)30)35-10-12-39(23)27(19)43-29(31,32)33/h6-7,10,12-14,20-21,34H,8-9,11,15-17H2,1-3H3,(H,35,36)(H,37,40)/t20-,21+/m0/s1. The van der Waals surface area contributed by atoms with Crippen LogP contribution in [0.2, 0.25) is 0 Å². The molecule has 230 valence electrons. The second-order valence-electron chi connectivity index (χ2n) is 10.8. The van der Waals surface area contributed by atoms with Crippen LogP contribution in [0.4, 0.5) is 29.1 Å². The monoisotopic (exact) mass is 620 g/mol. The van der Waals surface area contributed by atoms with Crippen LogP contribution in [0.15, 0.2) is 41.7 Å². The van der Waals surface area contributed by atoms with Crippen LogP contribution in [-0.2, 0) is 4.74 Å². The molecule has 0 spiro atoms. The highest BCUT2D eigenvalue weighted by molar-refractivity contribution is 8.00. The smallest absolute Gasteiger partial charge is 0.447 e. The normalized spacial score (nSPS) is 20.1. The van der Waals surface area contributed by atoms with Crippen LogP contribution in [0, 0.1) is 11.8 Å². The van der Waals surface area contributed by atoms with E-state index in [1.54, 1.807) is 18.2 Å². The van der Waals surface area contributed by atoms with E-state index >= 15 is 0 Å². The van der Waals surface area contributed by atoms with E-state index in [0.717, 1.165) is 0 Å². The Hall–Kier alpha value is -3.67. The molecule has 2 aliphatic rings. The molecule has 3 aromatic rings. The lowest BCUT2D eigenvalue weighted by Crippen LogP contribution is -2.59. The number of nitrogens with zero attached hydrogens (tertiary/aromatic N) is 3. The number of alkyl halides is 4. The molecule has 9 nitrogen and oxygen atoms in total. The van der Waals surface area contributed by atoms with Gasteiger partial charge in [-0.2, -0.15) is 13.2 Å². The highest BCUT2D eigenvalue weighted by atomic mass is 32.2. The fourth-order valence-electron chi connectivity index (χ4n) is 4.97. The molecule has 0 aliphatic carbocycles. The van der Waals surface area contributed by atoms with E-state index in [2.05, 4.69) is 32.8 Å². The summed E-state index contributed by atoms with van der Waals surface area (Å²) < 4.78 is 67.3. The van der Waals surface area contributed by atoms with Crippen molar-refractivity contribution >= 4 is 34.7 Å². The molecule has 0 bridgehead atoms. The van der Waals surface area contributed by atoms with Gasteiger partial charge in [0.15, 0.2) is 5.82 Å². The minimum Gasteiger partial charge on any atom is -0.495 e. The Morgan fingerprint density at radius 3 is 2.77 bits per heavy atom. The first-order valence-corrected chi connectivity index (χ1v) is 14.4. The molecule has 2 saturated heterocycles. The summed E-state index contributed by atoms with van der Waals surface area (Å²) in [4.78, 5) is 18.8. The van der Waals surface area contributed by atoms with Gasteiger partial charge in [-0.25, -0.2) is 9.37 Å². The van der Waals surface area contributed by atoms with Crippen LogP contribution in [-0.4, -0.2) is 90.5 Å². The summed E-state index contributed by atoms with van der Waals surface area (Å²) in [7, 11) is 3.31. The number of anilines is 2. The third-order valence-electron chi connectivity index (χ3n) is 7.24. The Kier molecular flexibility index (Phi) is 8.96. The molecule has 2 fully saturated rings. The van der Waals surface area contributed by atoms with Gasteiger partial charge in [0, 0.05) is 42.8 Å². The molecule has 0 saturated carbocycles. The SMILES string of the molecule is COc1cc(C(=O)NC2(C)COC2)ccc1NCC#Cc1cc2c(N[C@@H]3CCN(C)C[C@@H]3F)nccn2c1SC(F)(F)F. The lowest BCUT2D eigenvalue weighted by Gasteiger charge is -2.38. The zero-order valence-electron chi connectivity index (χ0n) is 23.8. The van der Waals surface area contributed by atoms with Crippen molar-refractivity contribution in [2.24, 2.45) is 0 Å². The first kappa shape index (κ1) is 30.8. The van der Waals surface area contributed by atoms with Crippen LogP contribution in [0.25, 0.3) is 5.52 Å². The lowest BCUT2D eigenvalue weighted by atomic mass is 10.00. The van der Waals surface area contributed by atoms with Crippen molar-refractivity contribution in [3.8, 4) is 17.6 Å². The quantitative estimate of drug-likeness (QED) is 0.194. The summed E-state index contributed by atoms with van der Waals surface area (Å²) in [6.45, 7) is 3.82. The molecular weight excluding hydrogens is 588 g/mol. The Bertz CT molecular complexity index is 1550. The van der Waals surface area contributed by atoms with Crippen LogP contribution in [0.1, 0.15) is 29.3 Å². The summed E-state index contributed by atoms with van der Waals surface area (Å²) in [5.41, 5.74) is -3.45. The van der Waals surface area contributed by atoms with Gasteiger partial charge in [0.05, 0.1) is 55.2 Å². The third-order valence-corrected chi connectivity index (χ3v) is 8.08. The van der Waals surface area contributed by atoms with Gasteiger partial charge in [-0.3, -0.25) is 4.79 Å². The number of nitrogens with one attached hydrogen (secondary N) is 3. The summed E-state index contributed by atoms with van der Waals surface area (Å²) in [5, 5.41) is 9.01. The van der Waals surface area contributed by atoms with Gasteiger partial charge < -0.3 is 34.7 Å². The van der Waals surface area contributed by atoms with E-state index in [-0.39, 0.29) is 41.3 Å². The summed E-state index contributed by atoms with van der Waals surface area (Å²) >= 11 is -0.269. The maximum atomic E-state index is 14.7. The zero-order chi connectivity index (χ0) is 30.8. The van der Waals surface area contributed by atoms with Crippen molar-refractivity contribution in [2.45, 2.75) is 41.6 Å². The fraction of sp³-hybridized carbons (Fsp3) is 0.448. The minimum absolute atomic E-state index is 0.0854. The van der Waals surface area contributed by atoms with Crippen molar-refractivity contribution < 1.29 is 31.8 Å². The second-order valence-corrected chi connectivity index (χ2v) is 11.9. The van der Waals surface area contributed by atoms with Crippen molar-refractivity contribution in [1.29, 1.82) is 0 Å². The maximum Gasteiger partial charge on any atom is 0.447 e. The summed E-state index contributed by atoms with van der Waals surface area (Å²) in [6.07, 6.45) is 2.20. The van der Waals surface area contributed by atoms with Crippen LogP contribution in [0.3, 0.4) is 0 Å². The molecule has 1 amide bonds. The van der Waals surface area contributed by atoms with E-state index in [4.69, 9.17) is 9.47 Å². The largest absolute Gasteiger partial charge is 0.495 e. The van der Waals surface area contributed by atoms with E-state index in [1.165, 1.54) is 30.0 Å². The predicted molar refractivity (Wildman–Crippen MR) is 157 cm³/mol. The van der Waals surface area contributed by atoms with Gasteiger partial charge in [-0.15, -0.1) is 0 Å². The minimum atomic E-state index is -4.55. The number of benzene rings is 1. The van der Waals surface area contributed by atoms with Crippen LogP contribution < -0.4 is 20.7 Å². The van der Waals surface area contributed by atoms with Crippen LogP contribution >= 0.6 is 11.8 Å². The van der Waals surface area contributed by atoms with Crippen molar-refractivity contribution in [3.05, 3.63) is 47.8 Å². The second kappa shape index (κ2) is 12.5. The van der Waals surface area contributed by atoms with E-state index in [9.17, 15) is 22.4 Å².